The normalized spacial score (nSPS) is 47.5. The van der Waals surface area contributed by atoms with Crippen molar-refractivity contribution in [1.82, 2.24) is 0 Å². The van der Waals surface area contributed by atoms with Gasteiger partial charge in [0.1, 0.15) is 6.10 Å². The highest BCUT2D eigenvalue weighted by atomic mass is 16.5. The smallest absolute Gasteiger partial charge is 0.302 e. The molecular formula is C21H31NO3. The van der Waals surface area contributed by atoms with Crippen LogP contribution in [0.1, 0.15) is 72.1 Å². The van der Waals surface area contributed by atoms with Crippen LogP contribution in [0.5, 0.6) is 0 Å². The Morgan fingerprint density at radius 2 is 1.92 bits per heavy atom. The van der Waals surface area contributed by atoms with Crippen LogP contribution in [0.4, 0.5) is 0 Å². The number of oxime groups is 1. The van der Waals surface area contributed by atoms with Gasteiger partial charge in [0.15, 0.2) is 0 Å². The Morgan fingerprint density at radius 1 is 1.20 bits per heavy atom. The van der Waals surface area contributed by atoms with E-state index in [0.717, 1.165) is 50.2 Å². The number of fused-ring (bicyclic) bond motifs is 5. The second kappa shape index (κ2) is 5.85. The van der Waals surface area contributed by atoms with Gasteiger partial charge >= 0.3 is 5.97 Å². The van der Waals surface area contributed by atoms with E-state index in [-0.39, 0.29) is 22.9 Å². The van der Waals surface area contributed by atoms with Crippen LogP contribution in [0.3, 0.4) is 0 Å². The van der Waals surface area contributed by atoms with Crippen molar-refractivity contribution >= 4 is 11.7 Å². The van der Waals surface area contributed by atoms with Crippen molar-refractivity contribution in [3.05, 3.63) is 11.6 Å². The van der Waals surface area contributed by atoms with Crippen LogP contribution in [0.15, 0.2) is 16.8 Å². The van der Waals surface area contributed by atoms with Gasteiger partial charge in [-0.15, -0.1) is 0 Å². The lowest BCUT2D eigenvalue weighted by Crippen LogP contribution is -2.50. The van der Waals surface area contributed by atoms with E-state index >= 15 is 0 Å². The Labute approximate surface area is 150 Å². The van der Waals surface area contributed by atoms with Gasteiger partial charge in [0.05, 0.1) is 5.71 Å². The van der Waals surface area contributed by atoms with Crippen molar-refractivity contribution in [2.24, 2.45) is 33.7 Å². The second-order valence-electron chi connectivity index (χ2n) is 9.28. The number of allylic oxidation sites excluding steroid dienone is 1. The van der Waals surface area contributed by atoms with E-state index in [1.807, 2.05) is 0 Å². The molecule has 0 spiro atoms. The number of rotatable bonds is 1. The molecule has 4 aliphatic carbocycles. The third-order valence-corrected chi connectivity index (χ3v) is 8.25. The molecule has 4 aliphatic rings. The molecule has 4 rings (SSSR count). The molecule has 0 saturated heterocycles. The summed E-state index contributed by atoms with van der Waals surface area (Å²) in [5.41, 5.74) is 2.94. The average Bonchev–Trinajstić information content (AvgIpc) is 2.91. The van der Waals surface area contributed by atoms with Crippen molar-refractivity contribution in [3.8, 4) is 0 Å². The fraction of sp³-hybridized carbons (Fsp3) is 0.810. The van der Waals surface area contributed by atoms with Crippen molar-refractivity contribution in [2.75, 3.05) is 0 Å². The zero-order valence-corrected chi connectivity index (χ0v) is 15.8. The highest BCUT2D eigenvalue weighted by Gasteiger charge is 2.58. The molecule has 0 unspecified atom stereocenters. The van der Waals surface area contributed by atoms with Crippen LogP contribution >= 0.6 is 0 Å². The minimum Gasteiger partial charge on any atom is -0.462 e. The molecule has 1 N–H and O–H groups in total. The van der Waals surface area contributed by atoms with Crippen LogP contribution in [-0.2, 0) is 9.53 Å². The molecule has 0 bridgehead atoms. The van der Waals surface area contributed by atoms with E-state index in [9.17, 15) is 10.0 Å². The summed E-state index contributed by atoms with van der Waals surface area (Å²) >= 11 is 0. The van der Waals surface area contributed by atoms with Gasteiger partial charge in [-0.25, -0.2) is 0 Å². The Morgan fingerprint density at radius 3 is 2.64 bits per heavy atom. The lowest BCUT2D eigenvalue weighted by Gasteiger charge is -2.57. The summed E-state index contributed by atoms with van der Waals surface area (Å²) in [6, 6.07) is 0. The third-order valence-electron chi connectivity index (χ3n) is 8.25. The molecule has 6 atom stereocenters. The van der Waals surface area contributed by atoms with Gasteiger partial charge in [-0.3, -0.25) is 4.79 Å². The summed E-state index contributed by atoms with van der Waals surface area (Å²) < 4.78 is 5.51. The quantitative estimate of drug-likeness (QED) is 0.324. The van der Waals surface area contributed by atoms with Crippen LogP contribution in [0, 0.1) is 28.6 Å². The van der Waals surface area contributed by atoms with E-state index in [2.05, 4.69) is 25.1 Å². The predicted octanol–water partition coefficient (Wildman–Crippen LogP) is 4.71. The maximum atomic E-state index is 11.3. The fourth-order valence-corrected chi connectivity index (χ4v) is 6.92. The van der Waals surface area contributed by atoms with E-state index in [4.69, 9.17) is 4.74 Å². The van der Waals surface area contributed by atoms with Crippen molar-refractivity contribution < 1.29 is 14.7 Å². The molecule has 0 amide bonds. The summed E-state index contributed by atoms with van der Waals surface area (Å²) in [7, 11) is 0. The van der Waals surface area contributed by atoms with Gasteiger partial charge in [-0.2, -0.15) is 0 Å². The SMILES string of the molecule is CC(=O)O[C@@H]1CC[C@@]2(C)C(=CC[C@@H]3[C@@H]2CC[C@]2(C)/C(=N/O)CC[C@@H]32)C1. The fourth-order valence-electron chi connectivity index (χ4n) is 6.92. The molecule has 3 fully saturated rings. The van der Waals surface area contributed by atoms with Gasteiger partial charge in [0, 0.05) is 18.8 Å². The number of hydrogen-bond donors (Lipinski definition) is 1. The summed E-state index contributed by atoms with van der Waals surface area (Å²) in [4.78, 5) is 11.3. The monoisotopic (exact) mass is 345 g/mol. The van der Waals surface area contributed by atoms with E-state index in [1.54, 1.807) is 0 Å². The molecule has 4 heteroatoms. The average molecular weight is 345 g/mol. The number of hydrogen-bond acceptors (Lipinski definition) is 4. The Kier molecular flexibility index (Phi) is 4.01. The number of carbonyl (C=O) groups excluding carboxylic acids is 1. The highest BCUT2D eigenvalue weighted by Crippen LogP contribution is 2.64. The van der Waals surface area contributed by atoms with Crippen LogP contribution < -0.4 is 0 Å². The first-order valence-electron chi connectivity index (χ1n) is 9.96. The van der Waals surface area contributed by atoms with Gasteiger partial charge in [-0.1, -0.05) is 30.7 Å². The summed E-state index contributed by atoms with van der Waals surface area (Å²) in [5, 5.41) is 13.1. The molecular weight excluding hydrogens is 314 g/mol. The summed E-state index contributed by atoms with van der Waals surface area (Å²) in [6.45, 7) is 6.30. The molecule has 0 aromatic carbocycles. The topological polar surface area (TPSA) is 58.9 Å². The molecule has 25 heavy (non-hydrogen) atoms. The van der Waals surface area contributed by atoms with Gasteiger partial charge in [0.2, 0.25) is 0 Å². The first kappa shape index (κ1) is 17.1. The van der Waals surface area contributed by atoms with Crippen LogP contribution in [0.2, 0.25) is 0 Å². The van der Waals surface area contributed by atoms with Crippen LogP contribution in [-0.4, -0.2) is 23.0 Å². The Hall–Kier alpha value is -1.32. The number of nitrogens with zero attached hydrogens (tertiary/aromatic N) is 1. The molecule has 0 aromatic rings. The van der Waals surface area contributed by atoms with E-state index < -0.39 is 0 Å². The molecule has 3 saturated carbocycles. The lowest BCUT2D eigenvalue weighted by atomic mass is 9.48. The first-order valence-corrected chi connectivity index (χ1v) is 9.96. The maximum Gasteiger partial charge on any atom is 0.302 e. The molecule has 0 radical (unpaired) electrons. The minimum atomic E-state index is -0.155. The van der Waals surface area contributed by atoms with Crippen molar-refractivity contribution in [1.29, 1.82) is 0 Å². The Balaban J connectivity index is 1.60. The number of esters is 1. The van der Waals surface area contributed by atoms with E-state index in [0.29, 0.717) is 11.8 Å². The maximum absolute atomic E-state index is 11.3. The Bertz CT molecular complexity index is 639. The molecule has 0 aromatic heterocycles. The summed E-state index contributed by atoms with van der Waals surface area (Å²) in [6.07, 6.45) is 11.2. The van der Waals surface area contributed by atoms with Crippen molar-refractivity contribution in [3.63, 3.8) is 0 Å². The second-order valence-corrected chi connectivity index (χ2v) is 9.28. The molecule has 4 nitrogen and oxygen atoms in total. The molecule has 0 heterocycles. The first-order chi connectivity index (χ1) is 11.9. The van der Waals surface area contributed by atoms with Crippen molar-refractivity contribution in [2.45, 2.75) is 78.2 Å². The van der Waals surface area contributed by atoms with Gasteiger partial charge < -0.3 is 9.94 Å². The third kappa shape index (κ3) is 2.47. The zero-order chi connectivity index (χ0) is 17.8. The number of ether oxygens (including phenoxy) is 1. The summed E-state index contributed by atoms with van der Waals surface area (Å²) in [5.74, 6) is 1.93. The van der Waals surface area contributed by atoms with Gasteiger partial charge in [0.25, 0.3) is 0 Å². The molecule has 138 valence electrons. The lowest BCUT2D eigenvalue weighted by molar-refractivity contribution is -0.148. The van der Waals surface area contributed by atoms with Crippen LogP contribution in [0.25, 0.3) is 0 Å². The van der Waals surface area contributed by atoms with Gasteiger partial charge in [-0.05, 0) is 68.1 Å². The largest absolute Gasteiger partial charge is 0.462 e. The standard InChI is InChI=1S/C21H31NO3/c1-13(23)25-15-8-10-20(2)14(12-15)4-5-16-17-6-7-19(22-24)21(17,3)11-9-18(16)20/h4,15-18,24H,5-12H2,1-3H3/b22-19+/t15-,16+,17+,18+,20+,21+/m1/s1. The highest BCUT2D eigenvalue weighted by molar-refractivity contribution is 5.92. The predicted molar refractivity (Wildman–Crippen MR) is 96.5 cm³/mol. The number of carbonyl (C=O) groups is 1. The molecule has 0 aliphatic heterocycles. The van der Waals surface area contributed by atoms with E-state index in [1.165, 1.54) is 25.3 Å². The minimum absolute atomic E-state index is 0.0711. The zero-order valence-electron chi connectivity index (χ0n) is 15.8.